The summed E-state index contributed by atoms with van der Waals surface area (Å²) >= 11 is 2.45. The molecular formula is C15H17N3O4S2. The first-order valence-electron chi connectivity index (χ1n) is 7.11. The summed E-state index contributed by atoms with van der Waals surface area (Å²) in [6.45, 7) is 3.72. The zero-order chi connectivity index (χ0) is 17.5. The first-order chi connectivity index (χ1) is 11.4. The average Bonchev–Trinajstić information content (AvgIpc) is 2.96. The van der Waals surface area contributed by atoms with E-state index in [0.29, 0.717) is 15.0 Å². The van der Waals surface area contributed by atoms with Crippen molar-refractivity contribution < 1.29 is 19.1 Å². The van der Waals surface area contributed by atoms with Gasteiger partial charge in [-0.05, 0) is 31.5 Å². The number of nitrogens with zero attached hydrogens (tertiary/aromatic N) is 2. The number of nitrogens with two attached hydrogens (primary N) is 1. The van der Waals surface area contributed by atoms with E-state index in [1.807, 2.05) is 0 Å². The van der Waals surface area contributed by atoms with Gasteiger partial charge in [0.25, 0.3) is 0 Å². The highest BCUT2D eigenvalue weighted by Crippen LogP contribution is 2.23. The first-order valence-corrected chi connectivity index (χ1v) is 8.91. The molecule has 9 heteroatoms. The quantitative estimate of drug-likeness (QED) is 0.588. The van der Waals surface area contributed by atoms with Crippen LogP contribution >= 0.6 is 23.1 Å². The molecule has 0 saturated carbocycles. The van der Waals surface area contributed by atoms with E-state index in [9.17, 15) is 9.59 Å². The number of ether oxygens (including phenoxy) is 2. The van der Waals surface area contributed by atoms with Gasteiger partial charge in [0, 0.05) is 0 Å². The Kier molecular flexibility index (Phi) is 6.56. The smallest absolute Gasteiger partial charge is 0.338 e. The topological polar surface area (TPSA) is 104 Å². The van der Waals surface area contributed by atoms with E-state index in [4.69, 9.17) is 15.2 Å². The monoisotopic (exact) mass is 367 g/mol. The van der Waals surface area contributed by atoms with Crippen LogP contribution in [0.15, 0.2) is 28.6 Å². The summed E-state index contributed by atoms with van der Waals surface area (Å²) in [5, 5.41) is 7.83. The third kappa shape index (κ3) is 5.82. The number of thioether (sulfide) groups is 1. The molecule has 0 fully saturated rings. The zero-order valence-corrected chi connectivity index (χ0v) is 14.9. The maximum Gasteiger partial charge on any atom is 0.338 e. The van der Waals surface area contributed by atoms with Crippen LogP contribution in [0.25, 0.3) is 0 Å². The Morgan fingerprint density at radius 1 is 1.25 bits per heavy atom. The number of esters is 2. The van der Waals surface area contributed by atoms with E-state index >= 15 is 0 Å². The van der Waals surface area contributed by atoms with Crippen LogP contribution < -0.4 is 5.73 Å². The fraction of sp³-hybridized carbons (Fsp3) is 0.333. The van der Waals surface area contributed by atoms with Gasteiger partial charge < -0.3 is 15.2 Å². The molecule has 0 aliphatic rings. The van der Waals surface area contributed by atoms with E-state index in [0.717, 1.165) is 5.56 Å². The lowest BCUT2D eigenvalue weighted by atomic mass is 10.1. The number of aromatic nitrogens is 2. The van der Waals surface area contributed by atoms with Gasteiger partial charge in [-0.2, -0.15) is 0 Å². The Hall–Kier alpha value is -2.13. The third-order valence-corrected chi connectivity index (χ3v) is 4.53. The lowest BCUT2D eigenvalue weighted by Gasteiger charge is -2.08. The maximum atomic E-state index is 11.7. The molecule has 0 aliphatic heterocycles. The Bertz CT molecular complexity index is 701. The van der Waals surface area contributed by atoms with Gasteiger partial charge >= 0.3 is 11.9 Å². The van der Waals surface area contributed by atoms with E-state index in [-0.39, 0.29) is 30.4 Å². The van der Waals surface area contributed by atoms with E-state index < -0.39 is 0 Å². The number of nitrogen functional groups attached to an aromatic ring is 1. The fourth-order valence-electron chi connectivity index (χ4n) is 1.62. The van der Waals surface area contributed by atoms with Crippen molar-refractivity contribution in [2.45, 2.75) is 30.9 Å². The molecule has 128 valence electrons. The van der Waals surface area contributed by atoms with Crippen molar-refractivity contribution in [3.05, 3.63) is 35.4 Å². The lowest BCUT2D eigenvalue weighted by molar-refractivity contribution is -0.141. The molecule has 0 saturated heterocycles. The predicted molar refractivity (Wildman–Crippen MR) is 91.8 cm³/mol. The minimum Gasteiger partial charge on any atom is -0.460 e. The van der Waals surface area contributed by atoms with Crippen molar-refractivity contribution in [2.75, 3.05) is 11.5 Å². The second-order valence-electron chi connectivity index (χ2n) is 5.01. The maximum absolute atomic E-state index is 11.7. The summed E-state index contributed by atoms with van der Waals surface area (Å²) in [4.78, 5) is 23.4. The number of rotatable bonds is 7. The molecule has 2 N–H and O–H groups in total. The number of anilines is 1. The minimum absolute atomic E-state index is 0.132. The van der Waals surface area contributed by atoms with Gasteiger partial charge in [0.2, 0.25) is 5.13 Å². The summed E-state index contributed by atoms with van der Waals surface area (Å²) in [6.07, 6.45) is -0.168. The van der Waals surface area contributed by atoms with Gasteiger partial charge in [-0.15, -0.1) is 10.2 Å². The second kappa shape index (κ2) is 8.65. The number of carbonyl (C=O) groups is 2. The van der Waals surface area contributed by atoms with Gasteiger partial charge in [0.05, 0.1) is 17.4 Å². The molecule has 7 nitrogen and oxygen atoms in total. The predicted octanol–water partition coefficient (Wildman–Crippen LogP) is 2.52. The highest BCUT2D eigenvalue weighted by atomic mass is 32.2. The molecule has 0 spiro atoms. The van der Waals surface area contributed by atoms with Crippen LogP contribution in [-0.4, -0.2) is 34.0 Å². The Labute approximate surface area is 147 Å². The minimum atomic E-state index is -0.374. The standard InChI is InChI=1S/C15H17N3O4S2/c1-9(2)22-13(20)11-5-3-10(4-6-11)7-21-12(19)8-23-15-18-17-14(16)24-15/h3-6,9H,7-8H2,1-2H3,(H2,16,17). The number of hydrogen-bond acceptors (Lipinski definition) is 9. The molecule has 0 amide bonds. The van der Waals surface area contributed by atoms with Gasteiger partial charge in [-0.3, -0.25) is 4.79 Å². The highest BCUT2D eigenvalue weighted by Gasteiger charge is 2.10. The largest absolute Gasteiger partial charge is 0.460 e. The van der Waals surface area contributed by atoms with Crippen LogP contribution in [0.1, 0.15) is 29.8 Å². The van der Waals surface area contributed by atoms with Crippen molar-refractivity contribution in [2.24, 2.45) is 0 Å². The number of carbonyl (C=O) groups excluding carboxylic acids is 2. The Morgan fingerprint density at radius 2 is 1.96 bits per heavy atom. The normalized spacial score (nSPS) is 10.6. The van der Waals surface area contributed by atoms with Gasteiger partial charge in [0.15, 0.2) is 4.34 Å². The average molecular weight is 367 g/mol. The molecule has 2 aromatic rings. The number of hydrogen-bond donors (Lipinski definition) is 1. The summed E-state index contributed by atoms with van der Waals surface area (Å²) in [5.74, 6) is -0.605. The van der Waals surface area contributed by atoms with Crippen LogP contribution in [0.2, 0.25) is 0 Å². The summed E-state index contributed by atoms with van der Waals surface area (Å²) in [5.41, 5.74) is 6.71. The molecule has 24 heavy (non-hydrogen) atoms. The van der Waals surface area contributed by atoms with Crippen LogP contribution in [0, 0.1) is 0 Å². The number of benzene rings is 1. The molecule has 0 bridgehead atoms. The van der Waals surface area contributed by atoms with Crippen LogP contribution in [0.3, 0.4) is 0 Å². The molecule has 2 rings (SSSR count). The van der Waals surface area contributed by atoms with E-state index in [2.05, 4.69) is 10.2 Å². The third-order valence-electron chi connectivity index (χ3n) is 2.67. The molecule has 0 radical (unpaired) electrons. The van der Waals surface area contributed by atoms with Crippen molar-refractivity contribution in [1.29, 1.82) is 0 Å². The van der Waals surface area contributed by atoms with Crippen molar-refractivity contribution >= 4 is 40.2 Å². The molecular weight excluding hydrogens is 350 g/mol. The van der Waals surface area contributed by atoms with Crippen LogP contribution in [0.5, 0.6) is 0 Å². The lowest BCUT2D eigenvalue weighted by Crippen LogP contribution is -2.11. The van der Waals surface area contributed by atoms with Gasteiger partial charge in [0.1, 0.15) is 6.61 Å². The highest BCUT2D eigenvalue weighted by molar-refractivity contribution is 8.01. The molecule has 1 heterocycles. The molecule has 0 aliphatic carbocycles. The van der Waals surface area contributed by atoms with Crippen LogP contribution in [0.4, 0.5) is 5.13 Å². The van der Waals surface area contributed by atoms with Gasteiger partial charge in [-0.25, -0.2) is 4.79 Å². The molecule has 0 atom stereocenters. The summed E-state index contributed by atoms with van der Waals surface area (Å²) < 4.78 is 10.9. The van der Waals surface area contributed by atoms with Crippen molar-refractivity contribution in [1.82, 2.24) is 10.2 Å². The van der Waals surface area contributed by atoms with E-state index in [1.165, 1.54) is 23.1 Å². The first kappa shape index (κ1) is 18.2. The zero-order valence-electron chi connectivity index (χ0n) is 13.2. The molecule has 0 unspecified atom stereocenters. The summed E-state index contributed by atoms with van der Waals surface area (Å²) in [7, 11) is 0. The SMILES string of the molecule is CC(C)OC(=O)c1ccc(COC(=O)CSc2nnc(N)s2)cc1. The van der Waals surface area contributed by atoms with E-state index in [1.54, 1.807) is 38.1 Å². The molecule has 1 aromatic heterocycles. The Morgan fingerprint density at radius 3 is 2.54 bits per heavy atom. The van der Waals surface area contributed by atoms with Crippen molar-refractivity contribution in [3.8, 4) is 0 Å². The van der Waals surface area contributed by atoms with Crippen LogP contribution in [-0.2, 0) is 20.9 Å². The Balaban J connectivity index is 1.77. The summed E-state index contributed by atoms with van der Waals surface area (Å²) in [6, 6.07) is 6.74. The fourth-order valence-corrected chi connectivity index (χ4v) is 3.06. The second-order valence-corrected chi connectivity index (χ2v) is 7.24. The molecule has 1 aromatic carbocycles. The van der Waals surface area contributed by atoms with Gasteiger partial charge in [-0.1, -0.05) is 35.2 Å². The van der Waals surface area contributed by atoms with Crippen molar-refractivity contribution in [3.63, 3.8) is 0 Å².